The van der Waals surface area contributed by atoms with E-state index in [-0.39, 0.29) is 29.6 Å². The second-order valence-corrected chi connectivity index (χ2v) is 22.1. The summed E-state index contributed by atoms with van der Waals surface area (Å²) in [6.07, 6.45) is 15.5. The van der Waals surface area contributed by atoms with Crippen molar-refractivity contribution in [3.8, 4) is 11.1 Å². The largest absolute Gasteiger partial charge is 0.393 e. The number of allylic oxidation sites excluding steroid dienone is 4. The lowest BCUT2D eigenvalue weighted by Gasteiger charge is -2.71. The Morgan fingerprint density at radius 2 is 1.51 bits per heavy atom. The van der Waals surface area contributed by atoms with E-state index in [9.17, 15) is 15.3 Å². The molecule has 6 heteroatoms. The fraction of sp³-hybridized carbons (Fsp3) is 0.582. The van der Waals surface area contributed by atoms with E-state index >= 15 is 4.79 Å². The number of hydrogen-bond acceptors (Lipinski definition) is 6. The lowest BCUT2D eigenvalue weighted by Crippen LogP contribution is -2.67. The van der Waals surface area contributed by atoms with Gasteiger partial charge >= 0.3 is 0 Å². The highest BCUT2D eigenvalue weighted by atomic mass is 16.5. The minimum absolute atomic E-state index is 0.0584. The summed E-state index contributed by atoms with van der Waals surface area (Å²) in [5, 5.41) is 36.4. The first-order valence-corrected chi connectivity index (χ1v) is 23.8. The van der Waals surface area contributed by atoms with Crippen LogP contribution in [0.25, 0.3) is 11.1 Å². The van der Waals surface area contributed by atoms with Crippen molar-refractivity contribution in [1.29, 1.82) is 0 Å². The van der Waals surface area contributed by atoms with Gasteiger partial charge < -0.3 is 20.1 Å². The van der Waals surface area contributed by atoms with Crippen LogP contribution >= 0.6 is 0 Å². The van der Waals surface area contributed by atoms with Crippen molar-refractivity contribution in [3.63, 3.8) is 0 Å². The van der Waals surface area contributed by atoms with Crippen molar-refractivity contribution in [2.45, 2.75) is 116 Å². The number of carbonyl (C=O) groups is 1. The molecule has 3 N–H and O–H groups in total. The fourth-order valence-corrected chi connectivity index (χ4v) is 15.6. The molecule has 6 fully saturated rings. The first kappa shape index (κ1) is 41.6. The van der Waals surface area contributed by atoms with Crippen LogP contribution in [0, 0.1) is 56.7 Å². The second kappa shape index (κ2) is 15.1. The zero-order valence-electron chi connectivity index (χ0n) is 37.1. The van der Waals surface area contributed by atoms with Crippen LogP contribution in [0.2, 0.25) is 0 Å². The number of Topliss-reactive ketones (excluding diaryl/α,β-unsaturated/α-hetero) is 1. The van der Waals surface area contributed by atoms with Gasteiger partial charge in [0.2, 0.25) is 0 Å². The predicted molar refractivity (Wildman–Crippen MR) is 241 cm³/mol. The normalized spacial score (nSPS) is 39.4. The molecule has 0 amide bonds. The molecule has 0 saturated heterocycles. The monoisotopic (exact) mass is 824 g/mol. The van der Waals surface area contributed by atoms with Gasteiger partial charge in [-0.25, -0.2) is 0 Å². The van der Waals surface area contributed by atoms with Crippen molar-refractivity contribution in [2.24, 2.45) is 56.7 Å². The average molecular weight is 824 g/mol. The lowest BCUT2D eigenvalue weighted by atomic mass is 9.32. The molecule has 0 aromatic heterocycles. The summed E-state index contributed by atoms with van der Waals surface area (Å²) < 4.78 is 6.09. The van der Waals surface area contributed by atoms with Crippen LogP contribution in [0.3, 0.4) is 0 Å². The quantitative estimate of drug-likeness (QED) is 0.118. The Morgan fingerprint density at radius 1 is 0.820 bits per heavy atom. The molecule has 9 aliphatic carbocycles. The molecule has 9 aliphatic rings. The Hall–Kier alpha value is -3.39. The first-order chi connectivity index (χ1) is 29.2. The maximum absolute atomic E-state index is 15.7. The number of ether oxygens (including phenoxy) is 1. The van der Waals surface area contributed by atoms with Gasteiger partial charge in [-0.2, -0.15) is 0 Å². The third-order valence-electron chi connectivity index (χ3n) is 19.1. The van der Waals surface area contributed by atoms with E-state index in [0.717, 1.165) is 72.4 Å². The number of rotatable bonds is 13. The number of aliphatic hydroxyl groups excluding tert-OH is 2. The highest BCUT2D eigenvalue weighted by Crippen LogP contribution is 2.78. The molecule has 4 bridgehead atoms. The smallest absolute Gasteiger partial charge is 0.190 e. The van der Waals surface area contributed by atoms with Crippen molar-refractivity contribution in [1.82, 2.24) is 4.90 Å². The van der Waals surface area contributed by atoms with Crippen molar-refractivity contribution in [3.05, 3.63) is 120 Å². The van der Waals surface area contributed by atoms with Crippen LogP contribution in [0.15, 0.2) is 109 Å². The third-order valence-corrected chi connectivity index (χ3v) is 19.1. The molecule has 0 radical (unpaired) electrons. The SMILES string of the molecule is CC1(C)[C@H]2CC[C@@H](CN(C[C@@H](O)COCc3ccccc3)C[C@]3(O)CC[C@H]4[C@]56C=C[C@@]7(C=C5C(=O)c5ccccc5-c5ccccc5)CC(O)CC[C@]7(C)[C@H]6CC[C@@]43C)[C@@H]1C2. The van der Waals surface area contributed by atoms with E-state index < -0.39 is 34.1 Å². The molecule has 2 spiro atoms. The van der Waals surface area contributed by atoms with E-state index in [1.165, 1.54) is 19.3 Å². The zero-order valence-corrected chi connectivity index (χ0v) is 37.1. The fourth-order valence-electron chi connectivity index (χ4n) is 15.6. The summed E-state index contributed by atoms with van der Waals surface area (Å²) in [6.45, 7) is 12.3. The van der Waals surface area contributed by atoms with Crippen LogP contribution in [0.4, 0.5) is 0 Å². The molecule has 12 atom stereocenters. The Bertz CT molecular complexity index is 2180. The van der Waals surface area contributed by atoms with Crippen LogP contribution in [-0.2, 0) is 11.3 Å². The van der Waals surface area contributed by atoms with Gasteiger partial charge in [0.05, 0.1) is 31.0 Å². The van der Waals surface area contributed by atoms with Gasteiger partial charge in [-0.15, -0.1) is 0 Å². The van der Waals surface area contributed by atoms with E-state index in [0.29, 0.717) is 49.8 Å². The Kier molecular flexibility index (Phi) is 10.3. The first-order valence-electron chi connectivity index (χ1n) is 23.8. The van der Waals surface area contributed by atoms with Gasteiger partial charge in [-0.05, 0) is 121 Å². The van der Waals surface area contributed by atoms with Gasteiger partial charge in [0, 0.05) is 47.0 Å². The number of aliphatic hydroxyl groups is 3. The van der Waals surface area contributed by atoms with Crippen molar-refractivity contribution >= 4 is 5.78 Å². The number of nitrogens with zero attached hydrogens (tertiary/aromatic N) is 1. The van der Waals surface area contributed by atoms with Gasteiger partial charge in [0.15, 0.2) is 5.78 Å². The maximum Gasteiger partial charge on any atom is 0.190 e. The average Bonchev–Trinajstić information content (AvgIpc) is 3.53. The van der Waals surface area contributed by atoms with Crippen LogP contribution in [0.5, 0.6) is 0 Å². The molecule has 0 aliphatic heterocycles. The summed E-state index contributed by atoms with van der Waals surface area (Å²) in [4.78, 5) is 18.1. The van der Waals surface area contributed by atoms with Gasteiger partial charge in [0.1, 0.15) is 0 Å². The van der Waals surface area contributed by atoms with Crippen LogP contribution < -0.4 is 0 Å². The number of ketones is 1. The summed E-state index contributed by atoms with van der Waals surface area (Å²) in [6, 6.07) is 28.5. The molecule has 6 saturated carbocycles. The Balaban J connectivity index is 0.992. The molecular formula is C55H69NO5. The maximum atomic E-state index is 15.7. The number of benzene rings is 3. The minimum Gasteiger partial charge on any atom is -0.393 e. The van der Waals surface area contributed by atoms with E-state index in [4.69, 9.17) is 4.74 Å². The summed E-state index contributed by atoms with van der Waals surface area (Å²) in [5.41, 5.74) is 2.53. The molecule has 12 rings (SSSR count). The number of carbonyl (C=O) groups excluding carboxylic acids is 1. The summed E-state index contributed by atoms with van der Waals surface area (Å²) >= 11 is 0. The third kappa shape index (κ3) is 6.38. The van der Waals surface area contributed by atoms with E-state index in [1.54, 1.807) is 0 Å². The summed E-state index contributed by atoms with van der Waals surface area (Å²) in [7, 11) is 0. The molecule has 0 heterocycles. The van der Waals surface area contributed by atoms with Crippen molar-refractivity contribution < 1.29 is 24.9 Å². The van der Waals surface area contributed by atoms with Crippen LogP contribution in [-0.4, -0.2) is 70.1 Å². The van der Waals surface area contributed by atoms with Gasteiger partial charge in [-0.1, -0.05) is 131 Å². The topological polar surface area (TPSA) is 90.2 Å². The molecule has 3 aromatic carbocycles. The molecular weight excluding hydrogens is 755 g/mol. The number of hydrogen-bond donors (Lipinski definition) is 3. The van der Waals surface area contributed by atoms with Crippen molar-refractivity contribution in [2.75, 3.05) is 26.2 Å². The standard InChI is InChI=1S/C55H69NO5/c1-50(2)40-20-19-39(45(50)29-40)32-56(33-42(58)35-61-34-37-13-7-5-8-14-37)36-54(60)26-23-48-52(54,4)25-22-47-51(3)24-21-41(57)30-53(51)27-28-55(47,48)46(31-53)49(59)44-18-12-11-17-43(44)38-15-9-6-10-16-38/h5-18,27-28,31,39-42,45,47-48,57-58,60H,19-26,29-30,32-36H2,1-4H3/t39-,40-,41?,42+,45-,47+,48+,51+,52-,53-,54+,55+/m0/s1. The Labute approximate surface area is 364 Å². The van der Waals surface area contributed by atoms with Gasteiger partial charge in [0.25, 0.3) is 0 Å². The molecule has 3 aromatic rings. The van der Waals surface area contributed by atoms with Gasteiger partial charge in [-0.3, -0.25) is 9.69 Å². The van der Waals surface area contributed by atoms with Crippen LogP contribution in [0.1, 0.15) is 108 Å². The minimum atomic E-state index is -1.01. The van der Waals surface area contributed by atoms with E-state index in [2.05, 4.69) is 81.2 Å². The molecule has 1 unspecified atom stereocenters. The highest BCUT2D eigenvalue weighted by Gasteiger charge is 2.74. The Morgan fingerprint density at radius 3 is 2.26 bits per heavy atom. The lowest BCUT2D eigenvalue weighted by molar-refractivity contribution is -0.179. The molecule has 324 valence electrons. The van der Waals surface area contributed by atoms with E-state index in [1.807, 2.05) is 54.6 Å². The molecule has 61 heavy (non-hydrogen) atoms. The summed E-state index contributed by atoms with van der Waals surface area (Å²) in [5.74, 6) is 2.38. The zero-order chi connectivity index (χ0) is 42.4. The highest BCUT2D eigenvalue weighted by molar-refractivity contribution is 6.14. The second-order valence-electron chi connectivity index (χ2n) is 22.1. The number of fused-ring (bicyclic) bond motifs is 3. The molecule has 6 nitrogen and oxygen atoms in total. The predicted octanol–water partition coefficient (Wildman–Crippen LogP) is 10.1.